The maximum atomic E-state index is 11.8. The fourth-order valence-electron chi connectivity index (χ4n) is 4.80. The van der Waals surface area contributed by atoms with Crippen LogP contribution in [-0.2, 0) is 22.4 Å². The van der Waals surface area contributed by atoms with Crippen molar-refractivity contribution < 1.29 is 14.6 Å². The number of aromatic nitrogens is 3. The number of anilines is 2. The number of rotatable bonds is 10. The number of fused-ring (bicyclic) bond motifs is 2. The first kappa shape index (κ1) is 22.5. The van der Waals surface area contributed by atoms with E-state index < -0.39 is 12.0 Å². The standard InChI is InChI=1S/C26H31N5O3/c32-26(33)23(31-25-21-5-1-2-6-22(21)28-16-29-25)11-13-34-20-14-17(15-20)7-9-19-10-8-18-4-3-12-27-24(18)30-19/h1-2,5-6,8,10,16-17,20,23H,3-4,7,9,11-15H2,(H,27,30)(H,32,33)(H,28,29,31)/t17-,20+,23-/m0/s1. The van der Waals surface area contributed by atoms with Gasteiger partial charge in [0.15, 0.2) is 0 Å². The molecule has 0 bridgehead atoms. The number of nitrogens with one attached hydrogen (secondary N) is 2. The summed E-state index contributed by atoms with van der Waals surface area (Å²) in [6, 6.07) is 11.2. The molecular formula is C26H31N5O3. The fourth-order valence-corrected chi connectivity index (χ4v) is 4.80. The molecule has 8 heteroatoms. The van der Waals surface area contributed by atoms with Crippen molar-refractivity contribution >= 4 is 28.5 Å². The van der Waals surface area contributed by atoms with Gasteiger partial charge < -0.3 is 20.5 Å². The van der Waals surface area contributed by atoms with E-state index >= 15 is 0 Å². The van der Waals surface area contributed by atoms with Crippen molar-refractivity contribution in [3.8, 4) is 0 Å². The third-order valence-corrected chi connectivity index (χ3v) is 6.86. The molecule has 3 aromatic rings. The van der Waals surface area contributed by atoms with Crippen molar-refractivity contribution in [1.29, 1.82) is 0 Å². The summed E-state index contributed by atoms with van der Waals surface area (Å²) in [5, 5.41) is 16.9. The predicted octanol–water partition coefficient (Wildman–Crippen LogP) is 4.07. The number of hydrogen-bond acceptors (Lipinski definition) is 7. The molecule has 1 saturated carbocycles. The summed E-state index contributed by atoms with van der Waals surface area (Å²) in [6.07, 6.45) is 8.51. The molecule has 0 radical (unpaired) electrons. The van der Waals surface area contributed by atoms with Gasteiger partial charge in [-0.2, -0.15) is 0 Å². The van der Waals surface area contributed by atoms with E-state index in [1.54, 1.807) is 0 Å². The largest absolute Gasteiger partial charge is 0.480 e. The summed E-state index contributed by atoms with van der Waals surface area (Å²) in [6.45, 7) is 1.42. The Balaban J connectivity index is 1.05. The van der Waals surface area contributed by atoms with Crippen LogP contribution in [0.5, 0.6) is 0 Å². The molecule has 0 spiro atoms. The number of para-hydroxylation sites is 1. The third-order valence-electron chi connectivity index (χ3n) is 6.86. The molecule has 0 amide bonds. The number of ether oxygens (including phenoxy) is 1. The van der Waals surface area contributed by atoms with Crippen LogP contribution < -0.4 is 10.6 Å². The van der Waals surface area contributed by atoms with E-state index in [0.29, 0.717) is 24.8 Å². The van der Waals surface area contributed by atoms with E-state index in [0.717, 1.165) is 61.1 Å². The number of aliphatic carboxylic acids is 1. The number of carboxylic acids is 1. The number of aryl methyl sites for hydroxylation is 2. The van der Waals surface area contributed by atoms with E-state index in [2.05, 4.69) is 32.7 Å². The zero-order chi connectivity index (χ0) is 23.3. The molecule has 2 aromatic heterocycles. The Morgan fingerprint density at radius 3 is 2.97 bits per heavy atom. The van der Waals surface area contributed by atoms with Crippen LogP contribution in [0.2, 0.25) is 0 Å². The third kappa shape index (κ3) is 5.28. The van der Waals surface area contributed by atoms with Crippen molar-refractivity contribution in [3.05, 3.63) is 54.0 Å². The summed E-state index contributed by atoms with van der Waals surface area (Å²) >= 11 is 0. The first-order valence-electron chi connectivity index (χ1n) is 12.2. The molecule has 1 aliphatic carbocycles. The smallest absolute Gasteiger partial charge is 0.326 e. The molecule has 0 unspecified atom stereocenters. The van der Waals surface area contributed by atoms with E-state index in [9.17, 15) is 9.90 Å². The highest BCUT2D eigenvalue weighted by atomic mass is 16.5. The molecule has 1 atom stereocenters. The Labute approximate surface area is 199 Å². The van der Waals surface area contributed by atoms with Crippen LogP contribution in [0.25, 0.3) is 10.9 Å². The molecule has 8 nitrogen and oxygen atoms in total. The fraction of sp³-hybridized carbons (Fsp3) is 0.462. The van der Waals surface area contributed by atoms with Crippen LogP contribution in [0, 0.1) is 5.92 Å². The van der Waals surface area contributed by atoms with Gasteiger partial charge in [0.1, 0.15) is 24.0 Å². The Kier molecular flexibility index (Phi) is 6.85. The molecule has 0 saturated heterocycles. The van der Waals surface area contributed by atoms with Crippen LogP contribution in [-0.4, -0.2) is 51.3 Å². The van der Waals surface area contributed by atoms with Crippen molar-refractivity contribution in [2.75, 3.05) is 23.8 Å². The first-order valence-corrected chi connectivity index (χ1v) is 12.2. The molecule has 2 aliphatic rings. The maximum absolute atomic E-state index is 11.8. The van der Waals surface area contributed by atoms with Crippen molar-refractivity contribution in [1.82, 2.24) is 15.0 Å². The molecule has 34 heavy (non-hydrogen) atoms. The average Bonchev–Trinajstić information content (AvgIpc) is 2.84. The number of hydrogen-bond donors (Lipinski definition) is 3. The Hall–Kier alpha value is -3.26. The zero-order valence-electron chi connectivity index (χ0n) is 19.2. The molecule has 1 aliphatic heterocycles. The maximum Gasteiger partial charge on any atom is 0.326 e. The number of pyridine rings is 1. The van der Waals surface area contributed by atoms with Gasteiger partial charge in [0, 0.05) is 30.7 Å². The summed E-state index contributed by atoms with van der Waals surface area (Å²) in [7, 11) is 0. The minimum atomic E-state index is -0.912. The van der Waals surface area contributed by atoms with Gasteiger partial charge in [-0.25, -0.2) is 19.7 Å². The van der Waals surface area contributed by atoms with Crippen LogP contribution in [0.3, 0.4) is 0 Å². The molecule has 5 rings (SSSR count). The molecule has 178 valence electrons. The number of carboxylic acid groups (broad SMARTS) is 1. The van der Waals surface area contributed by atoms with E-state index in [-0.39, 0.29) is 6.10 Å². The van der Waals surface area contributed by atoms with Crippen LogP contribution >= 0.6 is 0 Å². The van der Waals surface area contributed by atoms with Crippen molar-refractivity contribution in [2.24, 2.45) is 5.92 Å². The minimum absolute atomic E-state index is 0.220. The Morgan fingerprint density at radius 1 is 1.21 bits per heavy atom. The van der Waals surface area contributed by atoms with Crippen molar-refractivity contribution in [2.45, 2.75) is 57.1 Å². The summed E-state index contributed by atoms with van der Waals surface area (Å²) in [5.41, 5.74) is 3.27. The topological polar surface area (TPSA) is 109 Å². The van der Waals surface area contributed by atoms with Crippen LogP contribution in [0.1, 0.15) is 43.4 Å². The highest BCUT2D eigenvalue weighted by Gasteiger charge is 2.30. The lowest BCUT2D eigenvalue weighted by atomic mass is 9.79. The Bertz CT molecular complexity index is 1140. The summed E-state index contributed by atoms with van der Waals surface area (Å²) < 4.78 is 5.98. The molecule has 3 heterocycles. The zero-order valence-corrected chi connectivity index (χ0v) is 19.2. The van der Waals surface area contributed by atoms with Gasteiger partial charge in [-0.15, -0.1) is 0 Å². The second-order valence-corrected chi connectivity index (χ2v) is 9.27. The van der Waals surface area contributed by atoms with Gasteiger partial charge in [-0.05, 0) is 68.2 Å². The molecule has 3 N–H and O–H groups in total. The Morgan fingerprint density at radius 2 is 2.09 bits per heavy atom. The number of nitrogens with zero attached hydrogens (tertiary/aromatic N) is 3. The normalized spacial score (nSPS) is 20.1. The lowest BCUT2D eigenvalue weighted by Crippen LogP contribution is -2.35. The second kappa shape index (κ2) is 10.3. The number of carbonyl (C=O) groups is 1. The van der Waals surface area contributed by atoms with Gasteiger partial charge in [0.2, 0.25) is 0 Å². The van der Waals surface area contributed by atoms with Gasteiger partial charge in [0.05, 0.1) is 11.6 Å². The SMILES string of the molecule is O=C(O)[C@H](CCO[C@H]1C[C@@H](CCc2ccc3c(n2)NCCC3)C1)Nc1ncnc2ccccc12. The first-order chi connectivity index (χ1) is 16.7. The summed E-state index contributed by atoms with van der Waals surface area (Å²) in [5.74, 6) is 1.34. The predicted molar refractivity (Wildman–Crippen MR) is 131 cm³/mol. The van der Waals surface area contributed by atoms with Gasteiger partial charge in [-0.3, -0.25) is 0 Å². The quantitative estimate of drug-likeness (QED) is 0.415. The number of benzene rings is 1. The molecular weight excluding hydrogens is 430 g/mol. The van der Waals surface area contributed by atoms with E-state index in [1.807, 2.05) is 24.3 Å². The molecule has 1 aromatic carbocycles. The minimum Gasteiger partial charge on any atom is -0.480 e. The monoisotopic (exact) mass is 461 g/mol. The highest BCUT2D eigenvalue weighted by Crippen LogP contribution is 2.34. The average molecular weight is 462 g/mol. The van der Waals surface area contributed by atoms with Gasteiger partial charge in [-0.1, -0.05) is 18.2 Å². The highest BCUT2D eigenvalue weighted by molar-refractivity contribution is 5.90. The summed E-state index contributed by atoms with van der Waals surface area (Å²) in [4.78, 5) is 25.0. The van der Waals surface area contributed by atoms with E-state index in [4.69, 9.17) is 9.72 Å². The van der Waals surface area contributed by atoms with Crippen LogP contribution in [0.4, 0.5) is 11.6 Å². The van der Waals surface area contributed by atoms with Gasteiger partial charge >= 0.3 is 5.97 Å². The second-order valence-electron chi connectivity index (χ2n) is 9.27. The van der Waals surface area contributed by atoms with Crippen LogP contribution in [0.15, 0.2) is 42.7 Å². The lowest BCUT2D eigenvalue weighted by molar-refractivity contribution is -0.138. The lowest BCUT2D eigenvalue weighted by Gasteiger charge is -2.35. The van der Waals surface area contributed by atoms with Gasteiger partial charge in [0.25, 0.3) is 0 Å². The van der Waals surface area contributed by atoms with Crippen molar-refractivity contribution in [3.63, 3.8) is 0 Å². The molecule has 1 fully saturated rings. The van der Waals surface area contributed by atoms with E-state index in [1.165, 1.54) is 18.3 Å².